The number of amides is 3. The Balaban J connectivity index is 0.788. The largest absolute Gasteiger partial charge is 0.508 e. The number of carbonyl (C=O) groups is 3. The maximum absolute atomic E-state index is 14.2. The molecule has 3 saturated heterocycles. The van der Waals surface area contributed by atoms with Crippen molar-refractivity contribution < 1.29 is 28.6 Å². The third kappa shape index (κ3) is 6.97. The summed E-state index contributed by atoms with van der Waals surface area (Å²) in [6.45, 7) is 9.61. The molecule has 0 saturated carbocycles. The highest BCUT2D eigenvalue weighted by molar-refractivity contribution is 6.05. The topological polar surface area (TPSA) is 106 Å². The zero-order valence-electron chi connectivity index (χ0n) is 31.8. The van der Waals surface area contributed by atoms with Gasteiger partial charge in [0.1, 0.15) is 23.4 Å². The number of piperazine rings is 1. The molecule has 4 aromatic carbocycles. The molecule has 5 aliphatic rings. The number of halogens is 1. The highest BCUT2D eigenvalue weighted by Crippen LogP contribution is 2.47. The molecule has 9 rings (SSSR count). The van der Waals surface area contributed by atoms with Crippen LogP contribution in [0.3, 0.4) is 0 Å². The standard InChI is InChI=1S/C45H48FN5O5/c1-28-22-31(4-11-39(28)46)38-27-56-41-24-35(52)8-10-37(41)43(38)30-2-5-33(6-3-30)49-16-14-29(15-17-49)25-48-18-20-50(21-19-48)34-7-9-36-32(23-34)26-51(45(36)55)40-12-13-42(53)47-44(40)54/h2-11,22-24,29,38,40,43,52H,12-21,25-27H2,1H3,(H,47,53,54)/t38-,40+,43?/m1/s1. The summed E-state index contributed by atoms with van der Waals surface area (Å²) in [5, 5.41) is 12.5. The van der Waals surface area contributed by atoms with Gasteiger partial charge in [-0.05, 0) is 96.8 Å². The average Bonchev–Trinajstić information content (AvgIpc) is 3.54. The van der Waals surface area contributed by atoms with Gasteiger partial charge in [-0.25, -0.2) is 4.39 Å². The highest BCUT2D eigenvalue weighted by Gasteiger charge is 2.39. The van der Waals surface area contributed by atoms with Gasteiger partial charge in [-0.2, -0.15) is 0 Å². The van der Waals surface area contributed by atoms with Crippen LogP contribution >= 0.6 is 0 Å². The van der Waals surface area contributed by atoms with E-state index >= 15 is 0 Å². The third-order valence-electron chi connectivity index (χ3n) is 12.8. The molecule has 0 aliphatic carbocycles. The summed E-state index contributed by atoms with van der Waals surface area (Å²) >= 11 is 0. The Kier molecular flexibility index (Phi) is 9.65. The van der Waals surface area contributed by atoms with E-state index in [1.807, 2.05) is 30.3 Å². The minimum atomic E-state index is -0.599. The molecule has 3 fully saturated rings. The zero-order valence-corrected chi connectivity index (χ0v) is 31.8. The van der Waals surface area contributed by atoms with Gasteiger partial charge in [0.15, 0.2) is 0 Å². The summed E-state index contributed by atoms with van der Waals surface area (Å²) in [4.78, 5) is 46.3. The summed E-state index contributed by atoms with van der Waals surface area (Å²) in [5.74, 6) is 0.530. The van der Waals surface area contributed by atoms with Crippen molar-refractivity contribution in [3.05, 3.63) is 118 Å². The Morgan fingerprint density at radius 2 is 1.54 bits per heavy atom. The van der Waals surface area contributed by atoms with Crippen LogP contribution in [0.5, 0.6) is 11.5 Å². The smallest absolute Gasteiger partial charge is 0.255 e. The maximum atomic E-state index is 14.2. The Morgan fingerprint density at radius 3 is 2.29 bits per heavy atom. The molecule has 4 aromatic rings. The average molecular weight is 758 g/mol. The SMILES string of the molecule is Cc1cc([C@H]2COc3cc(O)ccc3C2c2ccc(N3CCC(CN4CCN(c5ccc6c(c5)CN([C@H]5CCC(=O)NC5=O)C6=O)CC4)CC3)cc2)ccc1F. The molecule has 11 heteroatoms. The van der Waals surface area contributed by atoms with Crippen LogP contribution in [-0.2, 0) is 16.1 Å². The number of aryl methyl sites for hydroxylation is 1. The number of carbonyl (C=O) groups excluding carboxylic acids is 3. The van der Waals surface area contributed by atoms with Crippen LogP contribution in [0.15, 0.2) is 78.9 Å². The van der Waals surface area contributed by atoms with Crippen LogP contribution in [0.25, 0.3) is 0 Å². The second-order valence-electron chi connectivity index (χ2n) is 16.2. The third-order valence-corrected chi connectivity index (χ3v) is 12.8. The number of phenolic OH excluding ortho intramolecular Hbond substituents is 1. The van der Waals surface area contributed by atoms with E-state index in [0.29, 0.717) is 42.4 Å². The van der Waals surface area contributed by atoms with Crippen molar-refractivity contribution in [1.82, 2.24) is 15.1 Å². The van der Waals surface area contributed by atoms with Gasteiger partial charge >= 0.3 is 0 Å². The van der Waals surface area contributed by atoms with Crippen LogP contribution in [0, 0.1) is 18.7 Å². The predicted octanol–water partition coefficient (Wildman–Crippen LogP) is 5.95. The fourth-order valence-electron chi connectivity index (χ4n) is 9.57. The van der Waals surface area contributed by atoms with Crippen LogP contribution < -0.4 is 19.9 Å². The van der Waals surface area contributed by atoms with Crippen molar-refractivity contribution in [2.75, 3.05) is 62.2 Å². The zero-order chi connectivity index (χ0) is 38.5. The molecule has 3 atom stereocenters. The number of aromatic hydroxyl groups is 1. The number of imide groups is 1. The van der Waals surface area contributed by atoms with Crippen molar-refractivity contribution >= 4 is 29.1 Å². The van der Waals surface area contributed by atoms with Crippen molar-refractivity contribution in [3.63, 3.8) is 0 Å². The summed E-state index contributed by atoms with van der Waals surface area (Å²) in [6, 6.07) is 25.1. The minimum absolute atomic E-state index is 0.00621. The van der Waals surface area contributed by atoms with Gasteiger partial charge < -0.3 is 24.5 Å². The van der Waals surface area contributed by atoms with Gasteiger partial charge in [0.25, 0.3) is 5.91 Å². The van der Waals surface area contributed by atoms with Crippen LogP contribution in [0.1, 0.15) is 75.7 Å². The van der Waals surface area contributed by atoms with Crippen molar-refractivity contribution in [3.8, 4) is 11.5 Å². The number of phenols is 1. The van der Waals surface area contributed by atoms with Gasteiger partial charge in [0.2, 0.25) is 11.8 Å². The number of benzene rings is 4. The Labute approximate surface area is 326 Å². The van der Waals surface area contributed by atoms with Crippen molar-refractivity contribution in [2.45, 2.75) is 57.0 Å². The number of hydrogen-bond acceptors (Lipinski definition) is 8. The molecule has 1 unspecified atom stereocenters. The molecule has 0 aromatic heterocycles. The fraction of sp³-hybridized carbons (Fsp3) is 0.400. The lowest BCUT2D eigenvalue weighted by Gasteiger charge is -2.40. The number of anilines is 2. The number of nitrogens with zero attached hydrogens (tertiary/aromatic N) is 4. The van der Waals surface area contributed by atoms with Gasteiger partial charge in [-0.1, -0.05) is 30.3 Å². The van der Waals surface area contributed by atoms with Gasteiger partial charge in [0, 0.05) is 99.2 Å². The van der Waals surface area contributed by atoms with E-state index in [0.717, 1.165) is 81.0 Å². The van der Waals surface area contributed by atoms with Crippen LogP contribution in [-0.4, -0.2) is 91.1 Å². The molecule has 10 nitrogen and oxygen atoms in total. The summed E-state index contributed by atoms with van der Waals surface area (Å²) in [5.41, 5.74) is 7.80. The van der Waals surface area contributed by atoms with Gasteiger partial charge in [0.05, 0.1) is 6.61 Å². The lowest BCUT2D eigenvalue weighted by molar-refractivity contribution is -0.136. The van der Waals surface area contributed by atoms with E-state index in [1.54, 1.807) is 30.0 Å². The molecule has 0 bridgehead atoms. The van der Waals surface area contributed by atoms with E-state index in [1.165, 1.54) is 11.3 Å². The first kappa shape index (κ1) is 36.2. The quantitative estimate of drug-likeness (QED) is 0.223. The number of piperidine rings is 2. The molecule has 290 valence electrons. The lowest BCUT2D eigenvalue weighted by Crippen LogP contribution is -2.52. The first-order valence-corrected chi connectivity index (χ1v) is 20.0. The van der Waals surface area contributed by atoms with Gasteiger partial charge in [-0.3, -0.25) is 24.6 Å². The maximum Gasteiger partial charge on any atom is 0.255 e. The summed E-state index contributed by atoms with van der Waals surface area (Å²) in [7, 11) is 0. The molecule has 56 heavy (non-hydrogen) atoms. The van der Waals surface area contributed by atoms with Gasteiger partial charge in [-0.15, -0.1) is 0 Å². The Hall–Kier alpha value is -5.42. The Morgan fingerprint density at radius 1 is 0.804 bits per heavy atom. The van der Waals surface area contributed by atoms with Crippen molar-refractivity contribution in [2.24, 2.45) is 5.92 Å². The first-order valence-electron chi connectivity index (χ1n) is 20.0. The monoisotopic (exact) mass is 757 g/mol. The van der Waals surface area contributed by atoms with E-state index in [4.69, 9.17) is 4.74 Å². The van der Waals surface area contributed by atoms with E-state index in [-0.39, 0.29) is 47.5 Å². The van der Waals surface area contributed by atoms with Crippen LogP contribution in [0.2, 0.25) is 0 Å². The van der Waals surface area contributed by atoms with E-state index in [2.05, 4.69) is 50.3 Å². The molecule has 2 N–H and O–H groups in total. The molecule has 5 aliphatic heterocycles. The minimum Gasteiger partial charge on any atom is -0.508 e. The van der Waals surface area contributed by atoms with E-state index < -0.39 is 6.04 Å². The second-order valence-corrected chi connectivity index (χ2v) is 16.2. The molecular formula is C45H48FN5O5. The second kappa shape index (κ2) is 14.9. The number of fused-ring (bicyclic) bond motifs is 2. The van der Waals surface area contributed by atoms with Crippen molar-refractivity contribution in [1.29, 1.82) is 0 Å². The number of ether oxygens (including phenoxy) is 1. The normalized spacial score (nSPS) is 23.1. The fourth-order valence-corrected chi connectivity index (χ4v) is 9.57. The van der Waals surface area contributed by atoms with Crippen LogP contribution in [0.4, 0.5) is 15.8 Å². The summed E-state index contributed by atoms with van der Waals surface area (Å²) < 4.78 is 20.4. The number of nitrogens with one attached hydrogen (secondary N) is 1. The molecule has 0 radical (unpaired) electrons. The predicted molar refractivity (Wildman–Crippen MR) is 212 cm³/mol. The molecular weight excluding hydrogens is 710 g/mol. The first-order chi connectivity index (χ1) is 27.2. The lowest BCUT2D eigenvalue weighted by atomic mass is 9.75. The number of hydrogen-bond donors (Lipinski definition) is 2. The molecule has 5 heterocycles. The Bertz CT molecular complexity index is 2160. The summed E-state index contributed by atoms with van der Waals surface area (Å²) in [6.07, 6.45) is 2.91. The highest BCUT2D eigenvalue weighted by atomic mass is 19.1. The molecule has 0 spiro atoms. The number of rotatable bonds is 7. The van der Waals surface area contributed by atoms with E-state index in [9.17, 15) is 23.9 Å². The molecule has 3 amide bonds.